The van der Waals surface area contributed by atoms with Crippen molar-refractivity contribution in [2.45, 2.75) is 29.6 Å². The van der Waals surface area contributed by atoms with E-state index < -0.39 is 15.4 Å². The van der Waals surface area contributed by atoms with E-state index in [0.29, 0.717) is 29.8 Å². The van der Waals surface area contributed by atoms with Crippen LogP contribution in [0.15, 0.2) is 83.8 Å². The van der Waals surface area contributed by atoms with Gasteiger partial charge in [-0.3, -0.25) is 9.52 Å². The molecular weight excluding hydrogens is 403 g/mol. The van der Waals surface area contributed by atoms with Gasteiger partial charge in [0.05, 0.1) is 16.0 Å². The molecule has 0 bridgehead atoms. The van der Waals surface area contributed by atoms with E-state index in [4.69, 9.17) is 0 Å². The minimum atomic E-state index is -3.73. The maximum atomic E-state index is 13.7. The summed E-state index contributed by atoms with van der Waals surface area (Å²) in [6, 6.07) is 20.7. The zero-order chi connectivity index (χ0) is 21.2. The largest absolute Gasteiger partial charge is 0.325 e. The zero-order valence-electron chi connectivity index (χ0n) is 16.1. The van der Waals surface area contributed by atoms with Crippen LogP contribution in [-0.4, -0.2) is 14.3 Å². The maximum absolute atomic E-state index is 13.7. The molecular formula is C23H21FN2O3S. The topological polar surface area (TPSA) is 75.3 Å². The molecule has 0 radical (unpaired) electrons. The van der Waals surface area contributed by atoms with Gasteiger partial charge in [-0.1, -0.05) is 42.8 Å². The standard InChI is InChI=1S/C23H21FN2O3S/c24-18-8-4-7-17(15-18)23(13-6-14-23)22(27)25-19-9-5-10-20(16-19)26-30(28,29)21-11-2-1-3-12-21/h1-5,7-12,15-16,26H,6,13-14H2,(H,25,27). The molecule has 0 spiro atoms. The molecule has 154 valence electrons. The smallest absolute Gasteiger partial charge is 0.261 e. The summed E-state index contributed by atoms with van der Waals surface area (Å²) in [5, 5.41) is 2.87. The average molecular weight is 424 g/mol. The summed E-state index contributed by atoms with van der Waals surface area (Å²) in [7, 11) is -3.73. The van der Waals surface area contributed by atoms with Gasteiger partial charge in [-0.2, -0.15) is 0 Å². The molecule has 0 unspecified atom stereocenters. The number of sulfonamides is 1. The molecule has 1 fully saturated rings. The predicted octanol–water partition coefficient (Wildman–Crippen LogP) is 4.69. The van der Waals surface area contributed by atoms with Crippen LogP contribution in [0.1, 0.15) is 24.8 Å². The van der Waals surface area contributed by atoms with Crippen molar-refractivity contribution in [2.75, 3.05) is 10.0 Å². The molecule has 3 aromatic rings. The third kappa shape index (κ3) is 3.93. The first-order valence-corrected chi connectivity index (χ1v) is 11.1. The SMILES string of the molecule is O=C(Nc1cccc(NS(=O)(=O)c2ccccc2)c1)C1(c2cccc(F)c2)CCC1. The highest BCUT2D eigenvalue weighted by molar-refractivity contribution is 7.92. The molecule has 1 amide bonds. The van der Waals surface area contributed by atoms with Gasteiger partial charge < -0.3 is 5.32 Å². The fourth-order valence-electron chi connectivity index (χ4n) is 3.69. The van der Waals surface area contributed by atoms with Gasteiger partial charge in [0.1, 0.15) is 5.82 Å². The van der Waals surface area contributed by atoms with Crippen LogP contribution in [0.5, 0.6) is 0 Å². The van der Waals surface area contributed by atoms with E-state index in [1.165, 1.54) is 24.3 Å². The summed E-state index contributed by atoms with van der Waals surface area (Å²) in [6.45, 7) is 0. The van der Waals surface area contributed by atoms with Crippen LogP contribution in [0.4, 0.5) is 15.8 Å². The monoisotopic (exact) mass is 424 g/mol. The summed E-state index contributed by atoms with van der Waals surface area (Å²) in [4.78, 5) is 13.2. The molecule has 1 saturated carbocycles. The number of hydrogen-bond acceptors (Lipinski definition) is 3. The second kappa shape index (κ2) is 7.91. The number of rotatable bonds is 6. The number of benzene rings is 3. The van der Waals surface area contributed by atoms with Crippen molar-refractivity contribution in [3.05, 3.63) is 90.2 Å². The molecule has 4 rings (SSSR count). The maximum Gasteiger partial charge on any atom is 0.261 e. The second-order valence-corrected chi connectivity index (χ2v) is 9.08. The van der Waals surface area contributed by atoms with Crippen LogP contribution >= 0.6 is 0 Å². The number of hydrogen-bond donors (Lipinski definition) is 2. The summed E-state index contributed by atoms with van der Waals surface area (Å²) < 4.78 is 41.3. The number of halogens is 1. The number of nitrogens with one attached hydrogen (secondary N) is 2. The quantitative estimate of drug-likeness (QED) is 0.603. The van der Waals surface area contributed by atoms with E-state index in [9.17, 15) is 17.6 Å². The molecule has 7 heteroatoms. The summed E-state index contributed by atoms with van der Waals surface area (Å²) >= 11 is 0. The Bertz CT molecular complexity index is 1180. The highest BCUT2D eigenvalue weighted by Gasteiger charge is 2.45. The van der Waals surface area contributed by atoms with E-state index in [2.05, 4.69) is 10.0 Å². The Balaban J connectivity index is 1.54. The van der Waals surface area contributed by atoms with Gasteiger partial charge >= 0.3 is 0 Å². The van der Waals surface area contributed by atoms with Gasteiger partial charge in [0.15, 0.2) is 0 Å². The van der Waals surface area contributed by atoms with E-state index in [1.54, 1.807) is 54.6 Å². The molecule has 30 heavy (non-hydrogen) atoms. The minimum Gasteiger partial charge on any atom is -0.325 e. The fourth-order valence-corrected chi connectivity index (χ4v) is 4.76. The number of amides is 1. The summed E-state index contributed by atoms with van der Waals surface area (Å²) in [6.07, 6.45) is 2.17. The molecule has 2 N–H and O–H groups in total. The number of carbonyl (C=O) groups is 1. The van der Waals surface area contributed by atoms with Crippen LogP contribution < -0.4 is 10.0 Å². The van der Waals surface area contributed by atoms with Crippen molar-refractivity contribution in [3.63, 3.8) is 0 Å². The van der Waals surface area contributed by atoms with Crippen molar-refractivity contribution < 1.29 is 17.6 Å². The van der Waals surface area contributed by atoms with Crippen LogP contribution in [-0.2, 0) is 20.2 Å². The summed E-state index contributed by atoms with van der Waals surface area (Å²) in [5.41, 5.74) is 0.704. The Morgan fingerprint density at radius 2 is 1.57 bits per heavy atom. The third-order valence-electron chi connectivity index (χ3n) is 5.45. The Kier molecular flexibility index (Phi) is 5.30. The molecule has 5 nitrogen and oxygen atoms in total. The van der Waals surface area contributed by atoms with Gasteiger partial charge in [-0.25, -0.2) is 12.8 Å². The third-order valence-corrected chi connectivity index (χ3v) is 6.84. The van der Waals surface area contributed by atoms with E-state index in [-0.39, 0.29) is 16.6 Å². The lowest BCUT2D eigenvalue weighted by atomic mass is 9.63. The predicted molar refractivity (Wildman–Crippen MR) is 114 cm³/mol. The van der Waals surface area contributed by atoms with E-state index in [1.807, 2.05) is 0 Å². The van der Waals surface area contributed by atoms with Gasteiger partial charge in [0.2, 0.25) is 5.91 Å². The zero-order valence-corrected chi connectivity index (χ0v) is 17.0. The Morgan fingerprint density at radius 3 is 2.23 bits per heavy atom. The van der Waals surface area contributed by atoms with Crippen molar-refractivity contribution in [1.29, 1.82) is 0 Å². The lowest BCUT2D eigenvalue weighted by Crippen LogP contribution is -2.46. The van der Waals surface area contributed by atoms with Crippen molar-refractivity contribution in [1.82, 2.24) is 0 Å². The molecule has 3 aromatic carbocycles. The lowest BCUT2D eigenvalue weighted by molar-refractivity contribution is -0.124. The van der Waals surface area contributed by atoms with E-state index >= 15 is 0 Å². The lowest BCUT2D eigenvalue weighted by Gasteiger charge is -2.40. The van der Waals surface area contributed by atoms with Crippen molar-refractivity contribution >= 4 is 27.3 Å². The van der Waals surface area contributed by atoms with Crippen molar-refractivity contribution in [3.8, 4) is 0 Å². The number of carbonyl (C=O) groups excluding carboxylic acids is 1. The average Bonchev–Trinajstić information content (AvgIpc) is 2.68. The summed E-state index contributed by atoms with van der Waals surface area (Å²) in [5.74, 6) is -0.591. The van der Waals surface area contributed by atoms with Crippen molar-refractivity contribution in [2.24, 2.45) is 0 Å². The number of anilines is 2. The second-order valence-electron chi connectivity index (χ2n) is 7.40. The molecule has 0 atom stereocenters. The molecule has 0 aliphatic heterocycles. The van der Waals surface area contributed by atoms with Crippen LogP contribution in [0.2, 0.25) is 0 Å². The van der Waals surface area contributed by atoms with Gasteiger partial charge in [-0.05, 0) is 60.9 Å². The normalized spacial score (nSPS) is 15.1. The molecule has 1 aliphatic rings. The van der Waals surface area contributed by atoms with Crippen LogP contribution in [0, 0.1) is 5.82 Å². The Morgan fingerprint density at radius 1 is 0.867 bits per heavy atom. The van der Waals surface area contributed by atoms with Crippen LogP contribution in [0.25, 0.3) is 0 Å². The van der Waals surface area contributed by atoms with Gasteiger partial charge in [-0.15, -0.1) is 0 Å². The first-order chi connectivity index (χ1) is 14.4. The Labute approximate surface area is 175 Å². The highest BCUT2D eigenvalue weighted by atomic mass is 32.2. The fraction of sp³-hybridized carbons (Fsp3) is 0.174. The van der Waals surface area contributed by atoms with Crippen LogP contribution in [0.3, 0.4) is 0 Å². The molecule has 0 heterocycles. The van der Waals surface area contributed by atoms with Gasteiger partial charge in [0, 0.05) is 5.69 Å². The van der Waals surface area contributed by atoms with Gasteiger partial charge in [0.25, 0.3) is 10.0 Å². The Hall–Kier alpha value is -3.19. The molecule has 1 aliphatic carbocycles. The molecule has 0 aromatic heterocycles. The minimum absolute atomic E-state index is 0.152. The highest BCUT2D eigenvalue weighted by Crippen LogP contribution is 2.44. The first-order valence-electron chi connectivity index (χ1n) is 9.65. The van der Waals surface area contributed by atoms with E-state index in [0.717, 1.165) is 6.42 Å². The molecule has 0 saturated heterocycles. The first kappa shape index (κ1) is 20.1.